The molecular formula is C14H17N3O3S. The van der Waals surface area contributed by atoms with Crippen molar-refractivity contribution in [1.82, 2.24) is 5.32 Å². The van der Waals surface area contributed by atoms with Crippen molar-refractivity contribution in [2.75, 3.05) is 19.0 Å². The number of carbonyl (C=O) groups is 1. The summed E-state index contributed by atoms with van der Waals surface area (Å²) < 4.78 is 11.0. The normalized spacial score (nSPS) is 16.5. The van der Waals surface area contributed by atoms with Crippen molar-refractivity contribution in [3.8, 4) is 11.5 Å². The summed E-state index contributed by atoms with van der Waals surface area (Å²) in [5, 5.41) is 11.0. The monoisotopic (exact) mass is 307 g/mol. The molecule has 1 aromatic rings. The van der Waals surface area contributed by atoms with Gasteiger partial charge in [0.15, 0.2) is 16.7 Å². The molecule has 112 valence electrons. The van der Waals surface area contributed by atoms with Gasteiger partial charge in [-0.05, 0) is 37.6 Å². The second-order valence-corrected chi connectivity index (χ2v) is 5.02. The van der Waals surface area contributed by atoms with Gasteiger partial charge in [-0.1, -0.05) is 11.8 Å². The Morgan fingerprint density at radius 2 is 2.05 bits per heavy atom. The largest absolute Gasteiger partial charge is 0.490 e. The molecule has 7 heteroatoms. The molecule has 0 saturated carbocycles. The van der Waals surface area contributed by atoms with Crippen LogP contribution >= 0.6 is 11.8 Å². The molecular weight excluding hydrogens is 290 g/mol. The number of amidine groups is 1. The lowest BCUT2D eigenvalue weighted by molar-refractivity contribution is -0.116. The first-order valence-electron chi connectivity index (χ1n) is 6.66. The molecule has 1 saturated heterocycles. The highest BCUT2D eigenvalue weighted by Gasteiger charge is 2.15. The molecule has 0 atom stereocenters. The van der Waals surface area contributed by atoms with Crippen LogP contribution in [0.2, 0.25) is 0 Å². The second-order valence-electron chi connectivity index (χ2n) is 4.06. The molecule has 0 spiro atoms. The fourth-order valence-corrected chi connectivity index (χ4v) is 2.31. The van der Waals surface area contributed by atoms with Gasteiger partial charge in [-0.15, -0.1) is 5.10 Å². The van der Waals surface area contributed by atoms with Crippen LogP contribution in [0.5, 0.6) is 11.5 Å². The fourth-order valence-electron chi connectivity index (χ4n) is 1.68. The maximum absolute atomic E-state index is 11.0. The SMILES string of the molecule is CCOc1ccc(C=NN=C2NC(=O)CS2)cc1OCC. The molecule has 0 radical (unpaired) electrons. The van der Waals surface area contributed by atoms with E-state index in [1.54, 1.807) is 6.21 Å². The molecule has 1 aromatic carbocycles. The van der Waals surface area contributed by atoms with Gasteiger partial charge in [0.1, 0.15) is 0 Å². The first-order valence-corrected chi connectivity index (χ1v) is 7.64. The quantitative estimate of drug-likeness (QED) is 0.645. The van der Waals surface area contributed by atoms with Crippen LogP contribution in [-0.4, -0.2) is 36.3 Å². The lowest BCUT2D eigenvalue weighted by atomic mass is 10.2. The van der Waals surface area contributed by atoms with Gasteiger partial charge in [-0.2, -0.15) is 5.10 Å². The van der Waals surface area contributed by atoms with Gasteiger partial charge in [0.05, 0.1) is 25.2 Å². The Hall–Kier alpha value is -2.02. The third-order valence-corrected chi connectivity index (χ3v) is 3.37. The van der Waals surface area contributed by atoms with E-state index in [1.165, 1.54) is 11.8 Å². The molecule has 1 aliphatic heterocycles. The van der Waals surface area contributed by atoms with E-state index in [4.69, 9.17) is 9.47 Å². The second kappa shape index (κ2) is 7.68. The molecule has 0 aromatic heterocycles. The highest BCUT2D eigenvalue weighted by molar-refractivity contribution is 8.15. The summed E-state index contributed by atoms with van der Waals surface area (Å²) in [5.41, 5.74) is 0.848. The molecule has 0 aliphatic carbocycles. The maximum Gasteiger partial charge on any atom is 0.236 e. The lowest BCUT2D eigenvalue weighted by Crippen LogP contribution is -2.19. The van der Waals surface area contributed by atoms with Crippen molar-refractivity contribution in [3.63, 3.8) is 0 Å². The highest BCUT2D eigenvalue weighted by Crippen LogP contribution is 2.28. The number of hydrogen-bond donors (Lipinski definition) is 1. The number of nitrogens with zero attached hydrogens (tertiary/aromatic N) is 2. The molecule has 1 fully saturated rings. The lowest BCUT2D eigenvalue weighted by Gasteiger charge is -2.10. The smallest absolute Gasteiger partial charge is 0.236 e. The van der Waals surface area contributed by atoms with E-state index < -0.39 is 0 Å². The molecule has 6 nitrogen and oxygen atoms in total. The Bertz CT molecular complexity index is 573. The number of carbonyl (C=O) groups excluding carboxylic acids is 1. The van der Waals surface area contributed by atoms with Crippen molar-refractivity contribution >= 4 is 29.1 Å². The van der Waals surface area contributed by atoms with Gasteiger partial charge < -0.3 is 14.8 Å². The Labute approximate surface area is 127 Å². The van der Waals surface area contributed by atoms with E-state index in [-0.39, 0.29) is 5.91 Å². The average molecular weight is 307 g/mol. The Morgan fingerprint density at radius 3 is 2.71 bits per heavy atom. The number of hydrogen-bond acceptors (Lipinski definition) is 6. The maximum atomic E-state index is 11.0. The number of thioether (sulfide) groups is 1. The number of amides is 1. The first kappa shape index (κ1) is 15.4. The van der Waals surface area contributed by atoms with Gasteiger partial charge in [0, 0.05) is 0 Å². The predicted molar refractivity (Wildman–Crippen MR) is 84.4 cm³/mol. The standard InChI is InChI=1S/C14H17N3O3S/c1-3-19-11-6-5-10(7-12(11)20-4-2)8-15-17-14-16-13(18)9-21-14/h5-8H,3-4,9H2,1-2H3,(H,16,17,18). The zero-order chi connectivity index (χ0) is 15.1. The summed E-state index contributed by atoms with van der Waals surface area (Å²) in [5.74, 6) is 1.74. The number of benzene rings is 1. The Balaban J connectivity index is 2.09. The van der Waals surface area contributed by atoms with Gasteiger partial charge in [-0.25, -0.2) is 0 Å². The first-order chi connectivity index (χ1) is 10.2. The van der Waals surface area contributed by atoms with E-state index in [1.807, 2.05) is 32.0 Å². The molecule has 1 heterocycles. The van der Waals surface area contributed by atoms with Gasteiger partial charge >= 0.3 is 0 Å². The van der Waals surface area contributed by atoms with Crippen molar-refractivity contribution in [2.45, 2.75) is 13.8 Å². The minimum absolute atomic E-state index is 0.0475. The molecule has 21 heavy (non-hydrogen) atoms. The number of nitrogens with one attached hydrogen (secondary N) is 1. The molecule has 1 N–H and O–H groups in total. The van der Waals surface area contributed by atoms with Crippen LogP contribution in [0, 0.1) is 0 Å². The van der Waals surface area contributed by atoms with Gasteiger partial charge in [0.25, 0.3) is 0 Å². The van der Waals surface area contributed by atoms with Crippen LogP contribution in [0.3, 0.4) is 0 Å². The van der Waals surface area contributed by atoms with Crippen molar-refractivity contribution in [1.29, 1.82) is 0 Å². The molecule has 0 unspecified atom stereocenters. The molecule has 0 bridgehead atoms. The van der Waals surface area contributed by atoms with Crippen LogP contribution in [0.1, 0.15) is 19.4 Å². The third kappa shape index (κ3) is 4.49. The average Bonchev–Trinajstić information content (AvgIpc) is 2.88. The van der Waals surface area contributed by atoms with E-state index in [0.717, 1.165) is 5.56 Å². The van der Waals surface area contributed by atoms with Crippen molar-refractivity contribution in [2.24, 2.45) is 10.2 Å². The Kier molecular flexibility index (Phi) is 5.62. The van der Waals surface area contributed by atoms with E-state index >= 15 is 0 Å². The van der Waals surface area contributed by atoms with E-state index in [0.29, 0.717) is 35.6 Å². The number of rotatable bonds is 6. The molecule has 1 amide bonds. The van der Waals surface area contributed by atoms with Crippen LogP contribution in [0.25, 0.3) is 0 Å². The van der Waals surface area contributed by atoms with E-state index in [9.17, 15) is 4.79 Å². The van der Waals surface area contributed by atoms with Crippen LogP contribution in [0.15, 0.2) is 28.4 Å². The van der Waals surface area contributed by atoms with Gasteiger partial charge in [0.2, 0.25) is 5.91 Å². The van der Waals surface area contributed by atoms with Crippen LogP contribution in [0.4, 0.5) is 0 Å². The van der Waals surface area contributed by atoms with Crippen LogP contribution in [-0.2, 0) is 4.79 Å². The topological polar surface area (TPSA) is 72.3 Å². The number of ether oxygens (including phenoxy) is 2. The minimum atomic E-state index is -0.0475. The summed E-state index contributed by atoms with van der Waals surface area (Å²) in [6.45, 7) is 4.99. The summed E-state index contributed by atoms with van der Waals surface area (Å²) in [6, 6.07) is 5.56. The summed E-state index contributed by atoms with van der Waals surface area (Å²) in [6.07, 6.45) is 1.61. The minimum Gasteiger partial charge on any atom is -0.490 e. The Morgan fingerprint density at radius 1 is 1.29 bits per heavy atom. The summed E-state index contributed by atoms with van der Waals surface area (Å²) >= 11 is 1.34. The van der Waals surface area contributed by atoms with Crippen LogP contribution < -0.4 is 14.8 Å². The highest BCUT2D eigenvalue weighted by atomic mass is 32.2. The van der Waals surface area contributed by atoms with E-state index in [2.05, 4.69) is 15.5 Å². The zero-order valence-corrected chi connectivity index (χ0v) is 12.8. The third-order valence-electron chi connectivity index (χ3n) is 2.51. The van der Waals surface area contributed by atoms with Crippen molar-refractivity contribution in [3.05, 3.63) is 23.8 Å². The zero-order valence-electron chi connectivity index (χ0n) is 12.0. The fraction of sp³-hybridized carbons (Fsp3) is 0.357. The molecule has 2 rings (SSSR count). The summed E-state index contributed by atoms with van der Waals surface area (Å²) in [4.78, 5) is 11.0. The molecule has 1 aliphatic rings. The predicted octanol–water partition coefficient (Wildman–Crippen LogP) is 2.04. The van der Waals surface area contributed by atoms with Crippen molar-refractivity contribution < 1.29 is 14.3 Å². The van der Waals surface area contributed by atoms with Gasteiger partial charge in [-0.3, -0.25) is 4.79 Å². The summed E-state index contributed by atoms with van der Waals surface area (Å²) in [7, 11) is 0.